The molecule has 0 bridgehead atoms. The summed E-state index contributed by atoms with van der Waals surface area (Å²) in [6, 6.07) is 11.7. The highest BCUT2D eigenvalue weighted by molar-refractivity contribution is 6.30. The predicted octanol–water partition coefficient (Wildman–Crippen LogP) is 2.94. The molecule has 0 spiro atoms. The van der Waals surface area contributed by atoms with Crippen molar-refractivity contribution in [2.75, 3.05) is 26.2 Å². The van der Waals surface area contributed by atoms with Crippen LogP contribution in [0, 0.1) is 11.8 Å². The van der Waals surface area contributed by atoms with E-state index in [-0.39, 0.29) is 5.91 Å². The van der Waals surface area contributed by atoms with E-state index in [2.05, 4.69) is 22.0 Å². The molecular weight excluding hydrogens is 322 g/mol. The van der Waals surface area contributed by atoms with Gasteiger partial charge in [-0.1, -0.05) is 23.7 Å². The van der Waals surface area contributed by atoms with Crippen molar-refractivity contribution in [3.8, 4) is 0 Å². The van der Waals surface area contributed by atoms with Crippen LogP contribution in [0.25, 0.3) is 0 Å². The number of hydrogen-bond donors (Lipinski definition) is 0. The molecule has 2 saturated heterocycles. The predicted molar refractivity (Wildman–Crippen MR) is 93.8 cm³/mol. The number of halogens is 1. The maximum Gasteiger partial charge on any atom is 0.253 e. The summed E-state index contributed by atoms with van der Waals surface area (Å²) in [6.07, 6.45) is 3.36. The molecular formula is C19H20ClN3O. The van der Waals surface area contributed by atoms with E-state index in [1.165, 1.54) is 5.56 Å². The molecule has 2 fully saturated rings. The van der Waals surface area contributed by atoms with Gasteiger partial charge in [0.15, 0.2) is 0 Å². The fourth-order valence-corrected chi connectivity index (χ4v) is 4.04. The molecule has 1 aromatic heterocycles. The maximum absolute atomic E-state index is 12.6. The van der Waals surface area contributed by atoms with Crippen molar-refractivity contribution < 1.29 is 4.79 Å². The quantitative estimate of drug-likeness (QED) is 0.861. The van der Waals surface area contributed by atoms with Crippen LogP contribution in [0.15, 0.2) is 48.8 Å². The summed E-state index contributed by atoms with van der Waals surface area (Å²) in [7, 11) is 0. The number of carbonyl (C=O) groups excluding carboxylic acids is 1. The number of aromatic nitrogens is 1. The highest BCUT2D eigenvalue weighted by atomic mass is 35.5. The Labute approximate surface area is 147 Å². The molecule has 5 heteroatoms. The molecule has 124 valence electrons. The molecule has 2 aliphatic rings. The summed E-state index contributed by atoms with van der Waals surface area (Å²) < 4.78 is 0. The van der Waals surface area contributed by atoms with Crippen LogP contribution in [0.5, 0.6) is 0 Å². The Balaban J connectivity index is 1.35. The minimum Gasteiger partial charge on any atom is -0.338 e. The standard InChI is InChI=1S/C19H20ClN3O/c20-18-3-1-14(2-4-18)9-22-10-16-12-23(13-17(16)11-22)19(24)15-5-7-21-8-6-15/h1-8,16-17H,9-13H2/t16-,17-/m0/s1. The van der Waals surface area contributed by atoms with Gasteiger partial charge in [0.1, 0.15) is 0 Å². The highest BCUT2D eigenvalue weighted by Gasteiger charge is 2.41. The van der Waals surface area contributed by atoms with Crippen LogP contribution in [0.2, 0.25) is 5.02 Å². The Bertz CT molecular complexity index is 705. The van der Waals surface area contributed by atoms with Gasteiger partial charge in [-0.05, 0) is 41.7 Å². The van der Waals surface area contributed by atoms with E-state index in [1.807, 2.05) is 17.0 Å². The van der Waals surface area contributed by atoms with Gasteiger partial charge in [0.25, 0.3) is 5.91 Å². The summed E-state index contributed by atoms with van der Waals surface area (Å²) in [5, 5.41) is 0.780. The molecule has 3 heterocycles. The number of fused-ring (bicyclic) bond motifs is 1. The molecule has 4 rings (SSSR count). The van der Waals surface area contributed by atoms with E-state index >= 15 is 0 Å². The molecule has 0 N–H and O–H groups in total. The van der Waals surface area contributed by atoms with Crippen molar-refractivity contribution >= 4 is 17.5 Å². The summed E-state index contributed by atoms with van der Waals surface area (Å²) in [5.41, 5.74) is 2.03. The second kappa shape index (κ2) is 6.54. The molecule has 0 saturated carbocycles. The lowest BCUT2D eigenvalue weighted by atomic mass is 10.0. The van der Waals surface area contributed by atoms with E-state index < -0.39 is 0 Å². The number of nitrogens with zero attached hydrogens (tertiary/aromatic N) is 3. The smallest absolute Gasteiger partial charge is 0.253 e. The fraction of sp³-hybridized carbons (Fsp3) is 0.368. The SMILES string of the molecule is O=C(c1ccncc1)N1C[C@@H]2CN(Cc3ccc(Cl)cc3)C[C@H]2C1. The number of pyridine rings is 1. The molecule has 4 nitrogen and oxygen atoms in total. The first kappa shape index (κ1) is 15.6. The van der Waals surface area contributed by atoms with E-state index in [1.54, 1.807) is 24.5 Å². The fourth-order valence-electron chi connectivity index (χ4n) is 3.91. The first-order chi connectivity index (χ1) is 11.7. The summed E-state index contributed by atoms with van der Waals surface area (Å²) >= 11 is 5.95. The van der Waals surface area contributed by atoms with Crippen LogP contribution in [-0.4, -0.2) is 46.9 Å². The van der Waals surface area contributed by atoms with Gasteiger partial charge in [0.2, 0.25) is 0 Å². The van der Waals surface area contributed by atoms with Crippen LogP contribution in [-0.2, 0) is 6.54 Å². The van der Waals surface area contributed by atoms with Crippen LogP contribution in [0.3, 0.4) is 0 Å². The van der Waals surface area contributed by atoms with Crippen LogP contribution in [0.4, 0.5) is 0 Å². The number of likely N-dealkylation sites (tertiary alicyclic amines) is 2. The molecule has 0 unspecified atom stereocenters. The van der Waals surface area contributed by atoms with Gasteiger partial charge in [0.05, 0.1) is 0 Å². The largest absolute Gasteiger partial charge is 0.338 e. The van der Waals surface area contributed by atoms with Gasteiger partial charge in [-0.3, -0.25) is 14.7 Å². The van der Waals surface area contributed by atoms with Crippen molar-refractivity contribution in [2.24, 2.45) is 11.8 Å². The van der Waals surface area contributed by atoms with Crippen molar-refractivity contribution in [1.82, 2.24) is 14.8 Å². The number of carbonyl (C=O) groups is 1. The van der Waals surface area contributed by atoms with Gasteiger partial charge in [-0.2, -0.15) is 0 Å². The average Bonchev–Trinajstić information content (AvgIpc) is 3.15. The molecule has 1 aromatic carbocycles. The summed E-state index contributed by atoms with van der Waals surface area (Å²) in [4.78, 5) is 21.0. The number of rotatable bonds is 3. The third-order valence-electron chi connectivity index (χ3n) is 5.10. The minimum absolute atomic E-state index is 0.135. The van der Waals surface area contributed by atoms with Gasteiger partial charge in [-0.25, -0.2) is 0 Å². The molecule has 2 aromatic rings. The molecule has 1 amide bonds. The van der Waals surface area contributed by atoms with Gasteiger partial charge in [-0.15, -0.1) is 0 Å². The van der Waals surface area contributed by atoms with Crippen molar-refractivity contribution in [3.05, 3.63) is 64.9 Å². The van der Waals surface area contributed by atoms with E-state index in [4.69, 9.17) is 11.6 Å². The Morgan fingerprint density at radius 1 is 1.00 bits per heavy atom. The van der Waals surface area contributed by atoms with Crippen LogP contribution < -0.4 is 0 Å². The second-order valence-corrected chi connectivity index (χ2v) is 7.22. The zero-order chi connectivity index (χ0) is 16.5. The van der Waals surface area contributed by atoms with E-state index in [0.717, 1.165) is 43.3 Å². The molecule has 0 radical (unpaired) electrons. The Kier molecular flexibility index (Phi) is 4.25. The van der Waals surface area contributed by atoms with Crippen molar-refractivity contribution in [3.63, 3.8) is 0 Å². The first-order valence-electron chi connectivity index (χ1n) is 8.35. The van der Waals surface area contributed by atoms with E-state index in [9.17, 15) is 4.79 Å². The monoisotopic (exact) mass is 341 g/mol. The highest BCUT2D eigenvalue weighted by Crippen LogP contribution is 2.32. The normalized spacial score (nSPS) is 23.5. The molecule has 24 heavy (non-hydrogen) atoms. The lowest BCUT2D eigenvalue weighted by molar-refractivity contribution is 0.0773. The Morgan fingerprint density at radius 3 is 2.25 bits per heavy atom. The third-order valence-corrected chi connectivity index (χ3v) is 5.35. The molecule has 0 aliphatic carbocycles. The van der Waals surface area contributed by atoms with Crippen molar-refractivity contribution in [1.29, 1.82) is 0 Å². The number of benzene rings is 1. The summed E-state index contributed by atoms with van der Waals surface area (Å²) in [6.45, 7) is 4.81. The first-order valence-corrected chi connectivity index (χ1v) is 8.73. The van der Waals surface area contributed by atoms with Gasteiger partial charge < -0.3 is 4.90 Å². The van der Waals surface area contributed by atoms with E-state index in [0.29, 0.717) is 11.8 Å². The van der Waals surface area contributed by atoms with Gasteiger partial charge in [0, 0.05) is 55.7 Å². The van der Waals surface area contributed by atoms with Gasteiger partial charge >= 0.3 is 0 Å². The lowest BCUT2D eigenvalue weighted by Crippen LogP contribution is -2.33. The minimum atomic E-state index is 0.135. The summed E-state index contributed by atoms with van der Waals surface area (Å²) in [5.74, 6) is 1.31. The van der Waals surface area contributed by atoms with Crippen molar-refractivity contribution in [2.45, 2.75) is 6.54 Å². The second-order valence-electron chi connectivity index (χ2n) is 6.79. The number of hydrogen-bond acceptors (Lipinski definition) is 3. The lowest BCUT2D eigenvalue weighted by Gasteiger charge is -2.21. The Hall–Kier alpha value is -1.91. The molecule has 2 aliphatic heterocycles. The third kappa shape index (κ3) is 3.17. The zero-order valence-corrected chi connectivity index (χ0v) is 14.2. The number of amides is 1. The zero-order valence-electron chi connectivity index (χ0n) is 13.4. The van der Waals surface area contributed by atoms with Crippen LogP contribution >= 0.6 is 11.6 Å². The maximum atomic E-state index is 12.6. The van der Waals surface area contributed by atoms with Crippen LogP contribution in [0.1, 0.15) is 15.9 Å². The Morgan fingerprint density at radius 2 is 1.62 bits per heavy atom. The average molecular weight is 342 g/mol. The molecule has 2 atom stereocenters. The topological polar surface area (TPSA) is 36.4 Å².